The maximum absolute atomic E-state index is 12.9. The van der Waals surface area contributed by atoms with Crippen molar-refractivity contribution in [2.75, 3.05) is 64.5 Å². The van der Waals surface area contributed by atoms with Crippen molar-refractivity contribution in [3.8, 4) is 5.75 Å². The van der Waals surface area contributed by atoms with Gasteiger partial charge in [0, 0.05) is 50.9 Å². The number of methoxy groups -OCH3 is 1. The first-order chi connectivity index (χ1) is 16.3. The van der Waals surface area contributed by atoms with Crippen LogP contribution < -0.4 is 9.64 Å². The lowest BCUT2D eigenvalue weighted by molar-refractivity contribution is -0.384. The molecule has 0 radical (unpaired) electrons. The van der Waals surface area contributed by atoms with Gasteiger partial charge < -0.3 is 19.3 Å². The molecule has 0 atom stereocenters. The number of carbonyl (C=O) groups is 1. The molecule has 2 fully saturated rings. The highest BCUT2D eigenvalue weighted by Gasteiger charge is 2.31. The Hall–Kier alpha value is -3.22. The van der Waals surface area contributed by atoms with Gasteiger partial charge in [0.15, 0.2) is 0 Å². The number of morpholine rings is 1. The Balaban J connectivity index is 1.49. The Morgan fingerprint density at radius 1 is 1.00 bits per heavy atom. The van der Waals surface area contributed by atoms with Crippen LogP contribution in [-0.4, -0.2) is 88.0 Å². The monoisotopic (exact) mass is 490 g/mol. The molecular weight excluding hydrogens is 464 g/mol. The summed E-state index contributed by atoms with van der Waals surface area (Å²) in [6, 6.07) is 10.8. The number of ether oxygens (including phenoxy) is 2. The summed E-state index contributed by atoms with van der Waals surface area (Å²) in [5, 5.41) is 11.8. The van der Waals surface area contributed by atoms with Gasteiger partial charge in [0.1, 0.15) is 11.4 Å². The summed E-state index contributed by atoms with van der Waals surface area (Å²) in [5.74, 6) is 0.538. The molecule has 34 heavy (non-hydrogen) atoms. The Kier molecular flexibility index (Phi) is 7.00. The average Bonchev–Trinajstić information content (AvgIpc) is 2.88. The predicted molar refractivity (Wildman–Crippen MR) is 124 cm³/mol. The van der Waals surface area contributed by atoms with Crippen molar-refractivity contribution >= 4 is 27.3 Å². The first-order valence-electron chi connectivity index (χ1n) is 10.9. The van der Waals surface area contributed by atoms with Crippen molar-refractivity contribution in [2.24, 2.45) is 0 Å². The van der Waals surface area contributed by atoms with Crippen molar-refractivity contribution in [3.05, 3.63) is 58.1 Å². The van der Waals surface area contributed by atoms with E-state index in [2.05, 4.69) is 0 Å². The van der Waals surface area contributed by atoms with E-state index in [0.29, 0.717) is 56.4 Å². The molecule has 0 aromatic heterocycles. The highest BCUT2D eigenvalue weighted by molar-refractivity contribution is 7.89. The lowest BCUT2D eigenvalue weighted by Gasteiger charge is -2.36. The zero-order chi connectivity index (χ0) is 24.3. The molecule has 2 heterocycles. The van der Waals surface area contributed by atoms with Gasteiger partial charge in [-0.1, -0.05) is 0 Å². The molecule has 4 rings (SSSR count). The number of piperazine rings is 1. The second-order valence-corrected chi connectivity index (χ2v) is 9.87. The molecule has 0 aliphatic carbocycles. The van der Waals surface area contributed by atoms with Gasteiger partial charge in [-0.05, 0) is 36.4 Å². The van der Waals surface area contributed by atoms with Gasteiger partial charge >= 0.3 is 0 Å². The van der Waals surface area contributed by atoms with Gasteiger partial charge in [0.25, 0.3) is 11.6 Å². The van der Waals surface area contributed by atoms with Crippen LogP contribution in [0.1, 0.15) is 10.4 Å². The Morgan fingerprint density at radius 3 is 2.24 bits per heavy atom. The quantitative estimate of drug-likeness (QED) is 0.442. The smallest absolute Gasteiger partial charge is 0.293 e. The zero-order valence-corrected chi connectivity index (χ0v) is 19.6. The van der Waals surface area contributed by atoms with E-state index >= 15 is 0 Å². The van der Waals surface area contributed by atoms with Gasteiger partial charge in [-0.2, -0.15) is 4.31 Å². The third kappa shape index (κ3) is 4.83. The topological polar surface area (TPSA) is 123 Å². The van der Waals surface area contributed by atoms with E-state index in [1.165, 1.54) is 16.4 Å². The van der Waals surface area contributed by atoms with Crippen LogP contribution in [0.3, 0.4) is 0 Å². The van der Waals surface area contributed by atoms with Crippen molar-refractivity contribution in [2.45, 2.75) is 4.90 Å². The fraction of sp³-hybridized carbons (Fsp3) is 0.409. The number of hydrogen-bond donors (Lipinski definition) is 0. The molecule has 2 aliphatic rings. The second kappa shape index (κ2) is 9.95. The van der Waals surface area contributed by atoms with E-state index in [4.69, 9.17) is 9.47 Å². The van der Waals surface area contributed by atoms with E-state index in [0.717, 1.165) is 6.07 Å². The fourth-order valence-electron chi connectivity index (χ4n) is 4.08. The normalized spacial score (nSPS) is 17.4. The number of carbonyl (C=O) groups excluding carboxylic acids is 1. The predicted octanol–water partition coefficient (Wildman–Crippen LogP) is 1.59. The Morgan fingerprint density at radius 2 is 1.65 bits per heavy atom. The van der Waals surface area contributed by atoms with Crippen LogP contribution in [0.15, 0.2) is 47.4 Å². The van der Waals surface area contributed by atoms with E-state index < -0.39 is 14.9 Å². The van der Waals surface area contributed by atoms with Gasteiger partial charge in [-0.25, -0.2) is 8.42 Å². The minimum atomic E-state index is -3.85. The van der Waals surface area contributed by atoms with Crippen molar-refractivity contribution in [1.29, 1.82) is 0 Å². The summed E-state index contributed by atoms with van der Waals surface area (Å²) in [6.07, 6.45) is 0. The lowest BCUT2D eigenvalue weighted by Crippen LogP contribution is -2.49. The number of nitrogens with zero attached hydrogens (tertiary/aromatic N) is 4. The third-order valence-electron chi connectivity index (χ3n) is 6.00. The molecule has 0 unspecified atom stereocenters. The summed E-state index contributed by atoms with van der Waals surface area (Å²) >= 11 is 0. The molecule has 12 heteroatoms. The molecule has 1 amide bonds. The molecule has 0 saturated carbocycles. The largest absolute Gasteiger partial charge is 0.497 e. The van der Waals surface area contributed by atoms with Gasteiger partial charge in [0.05, 0.1) is 30.1 Å². The number of anilines is 1. The first-order valence-corrected chi connectivity index (χ1v) is 12.3. The van der Waals surface area contributed by atoms with Crippen LogP contribution in [0.2, 0.25) is 0 Å². The van der Waals surface area contributed by atoms with Crippen LogP contribution in [0.25, 0.3) is 0 Å². The van der Waals surface area contributed by atoms with Crippen LogP contribution in [0.4, 0.5) is 11.4 Å². The van der Waals surface area contributed by atoms with Crippen LogP contribution in [0.5, 0.6) is 5.75 Å². The van der Waals surface area contributed by atoms with Crippen molar-refractivity contribution in [1.82, 2.24) is 9.21 Å². The number of rotatable bonds is 6. The second-order valence-electron chi connectivity index (χ2n) is 7.93. The van der Waals surface area contributed by atoms with E-state index in [9.17, 15) is 23.3 Å². The molecule has 0 N–H and O–H groups in total. The molecule has 2 aliphatic heterocycles. The van der Waals surface area contributed by atoms with Crippen molar-refractivity contribution < 1.29 is 27.6 Å². The summed E-state index contributed by atoms with van der Waals surface area (Å²) in [4.78, 5) is 27.4. The minimum absolute atomic E-state index is 0.113. The molecule has 0 spiro atoms. The standard InChI is InChI=1S/C22H26N4O7S/c1-32-18-4-2-17(3-5-18)22(27)24-10-8-23(9-11-24)20-7-6-19(16-21(20)26(28)29)34(30,31)25-12-14-33-15-13-25/h2-7,16H,8-15H2,1H3. The molecule has 11 nitrogen and oxygen atoms in total. The van der Waals surface area contributed by atoms with E-state index in [1.54, 1.807) is 41.2 Å². The first kappa shape index (κ1) is 23.9. The fourth-order valence-corrected chi connectivity index (χ4v) is 5.51. The highest BCUT2D eigenvalue weighted by Crippen LogP contribution is 2.33. The lowest BCUT2D eigenvalue weighted by atomic mass is 10.1. The van der Waals surface area contributed by atoms with E-state index in [-0.39, 0.29) is 29.6 Å². The Labute approximate surface area is 197 Å². The van der Waals surface area contributed by atoms with Crippen molar-refractivity contribution in [3.63, 3.8) is 0 Å². The molecule has 0 bridgehead atoms. The number of hydrogen-bond acceptors (Lipinski definition) is 8. The van der Waals surface area contributed by atoms with Crippen LogP contribution in [0, 0.1) is 10.1 Å². The Bertz CT molecular complexity index is 1160. The average molecular weight is 491 g/mol. The minimum Gasteiger partial charge on any atom is -0.497 e. The van der Waals surface area contributed by atoms with Crippen LogP contribution in [-0.2, 0) is 14.8 Å². The molecule has 182 valence electrons. The highest BCUT2D eigenvalue weighted by atomic mass is 32.2. The number of sulfonamides is 1. The SMILES string of the molecule is COc1ccc(C(=O)N2CCN(c3ccc(S(=O)(=O)N4CCOCC4)cc3[N+](=O)[O-])CC2)cc1. The third-order valence-corrected chi connectivity index (χ3v) is 7.89. The van der Waals surface area contributed by atoms with E-state index in [1.807, 2.05) is 0 Å². The summed E-state index contributed by atoms with van der Waals surface area (Å²) in [7, 11) is -2.30. The molecular formula is C22H26N4O7S. The van der Waals surface area contributed by atoms with Gasteiger partial charge in [-0.3, -0.25) is 14.9 Å². The number of benzene rings is 2. The zero-order valence-electron chi connectivity index (χ0n) is 18.8. The van der Waals surface area contributed by atoms with Crippen LogP contribution >= 0.6 is 0 Å². The molecule has 2 aromatic carbocycles. The van der Waals surface area contributed by atoms with Gasteiger partial charge in [-0.15, -0.1) is 0 Å². The summed E-state index contributed by atoms with van der Waals surface area (Å²) < 4.78 is 37.4. The number of nitro benzene ring substituents is 1. The number of nitro groups is 1. The summed E-state index contributed by atoms with van der Waals surface area (Å²) in [6.45, 7) is 2.55. The van der Waals surface area contributed by atoms with Gasteiger partial charge in [0.2, 0.25) is 10.0 Å². The maximum atomic E-state index is 12.9. The summed E-state index contributed by atoms with van der Waals surface area (Å²) in [5.41, 5.74) is 0.602. The maximum Gasteiger partial charge on any atom is 0.293 e. The molecule has 2 aromatic rings. The number of amides is 1. The molecule has 2 saturated heterocycles.